The fourth-order valence-electron chi connectivity index (χ4n) is 1.91. The molecule has 0 spiro atoms. The van der Waals surface area contributed by atoms with Crippen molar-refractivity contribution in [1.82, 2.24) is 4.98 Å². The third-order valence-electron chi connectivity index (χ3n) is 2.79. The van der Waals surface area contributed by atoms with Crippen LogP contribution in [-0.2, 0) is 13.0 Å². The van der Waals surface area contributed by atoms with Gasteiger partial charge in [-0.15, -0.1) is 11.3 Å². The van der Waals surface area contributed by atoms with E-state index >= 15 is 0 Å². The molecule has 0 amide bonds. The number of methoxy groups -OCH3 is 1. The van der Waals surface area contributed by atoms with Crippen LogP contribution < -0.4 is 10.5 Å². The summed E-state index contributed by atoms with van der Waals surface area (Å²) in [5.74, 6) is 0.859. The highest BCUT2D eigenvalue weighted by Gasteiger charge is 2.13. The molecule has 18 heavy (non-hydrogen) atoms. The summed E-state index contributed by atoms with van der Waals surface area (Å²) in [4.78, 5) is 5.89. The van der Waals surface area contributed by atoms with Gasteiger partial charge in [-0.3, -0.25) is 0 Å². The second-order valence-corrected chi connectivity index (χ2v) is 5.13. The summed E-state index contributed by atoms with van der Waals surface area (Å²) in [5, 5.41) is 0.997. The minimum absolute atomic E-state index is 0.558. The van der Waals surface area contributed by atoms with Crippen LogP contribution in [0, 0.1) is 0 Å². The molecule has 0 atom stereocenters. The van der Waals surface area contributed by atoms with Crippen molar-refractivity contribution >= 4 is 11.3 Å². The quantitative estimate of drug-likeness (QED) is 0.900. The fourth-order valence-corrected chi connectivity index (χ4v) is 2.93. The van der Waals surface area contributed by atoms with Crippen molar-refractivity contribution in [2.24, 2.45) is 5.73 Å². The molecule has 0 radical (unpaired) electrons. The molecule has 0 aliphatic carbocycles. The van der Waals surface area contributed by atoms with Gasteiger partial charge in [0.05, 0.1) is 18.4 Å². The number of benzene rings is 1. The number of hydrogen-bond acceptors (Lipinski definition) is 4. The Morgan fingerprint density at radius 3 is 2.78 bits per heavy atom. The summed E-state index contributed by atoms with van der Waals surface area (Å²) >= 11 is 1.67. The first-order chi connectivity index (χ1) is 8.80. The third-order valence-corrected chi connectivity index (χ3v) is 3.94. The number of nitrogens with two attached hydrogens (primary N) is 1. The van der Waals surface area contributed by atoms with Gasteiger partial charge in [0.1, 0.15) is 10.8 Å². The number of para-hydroxylation sites is 1. The molecular formula is C14H18N2OS. The lowest BCUT2D eigenvalue weighted by Crippen LogP contribution is -1.97. The Balaban J connectivity index is 2.44. The highest BCUT2D eigenvalue weighted by atomic mass is 32.1. The molecule has 3 nitrogen and oxygen atoms in total. The Morgan fingerprint density at radius 1 is 1.33 bits per heavy atom. The molecule has 0 saturated heterocycles. The number of rotatable bonds is 5. The van der Waals surface area contributed by atoms with Crippen LogP contribution in [0.5, 0.6) is 5.75 Å². The van der Waals surface area contributed by atoms with Crippen LogP contribution in [0.4, 0.5) is 0 Å². The summed E-state index contributed by atoms with van der Waals surface area (Å²) in [6.07, 6.45) is 2.07. The van der Waals surface area contributed by atoms with Gasteiger partial charge in [-0.2, -0.15) is 0 Å². The zero-order chi connectivity index (χ0) is 13.0. The van der Waals surface area contributed by atoms with E-state index in [2.05, 4.69) is 6.92 Å². The monoisotopic (exact) mass is 262 g/mol. The predicted molar refractivity (Wildman–Crippen MR) is 76.0 cm³/mol. The van der Waals surface area contributed by atoms with Gasteiger partial charge in [-0.05, 0) is 18.6 Å². The summed E-state index contributed by atoms with van der Waals surface area (Å²) in [6, 6.07) is 7.96. The molecule has 1 heterocycles. The Hall–Kier alpha value is -1.39. The molecule has 0 bridgehead atoms. The first-order valence-corrected chi connectivity index (χ1v) is 6.93. The molecule has 0 aliphatic rings. The Bertz CT molecular complexity index is 522. The lowest BCUT2D eigenvalue weighted by Gasteiger charge is -2.04. The second-order valence-electron chi connectivity index (χ2n) is 4.04. The standard InChI is InChI=1S/C14H18N2OS/c1-3-6-11-13(9-15)18-14(16-11)10-7-4-5-8-12(10)17-2/h4-5,7-8H,3,6,9,15H2,1-2H3. The molecule has 0 aliphatic heterocycles. The van der Waals surface area contributed by atoms with Crippen LogP contribution >= 0.6 is 11.3 Å². The van der Waals surface area contributed by atoms with Crippen LogP contribution in [0.25, 0.3) is 10.6 Å². The van der Waals surface area contributed by atoms with E-state index in [9.17, 15) is 0 Å². The topological polar surface area (TPSA) is 48.1 Å². The summed E-state index contributed by atoms with van der Waals surface area (Å²) in [7, 11) is 1.68. The van der Waals surface area contributed by atoms with Crippen LogP contribution in [-0.4, -0.2) is 12.1 Å². The van der Waals surface area contributed by atoms with Gasteiger partial charge >= 0.3 is 0 Å². The minimum Gasteiger partial charge on any atom is -0.496 e. The number of thiazole rings is 1. The lowest BCUT2D eigenvalue weighted by molar-refractivity contribution is 0.416. The third kappa shape index (κ3) is 2.54. The van der Waals surface area contributed by atoms with E-state index in [-0.39, 0.29) is 0 Å². The normalized spacial score (nSPS) is 10.6. The van der Waals surface area contributed by atoms with Crippen LogP contribution in [0.1, 0.15) is 23.9 Å². The summed E-state index contributed by atoms with van der Waals surface area (Å²) in [5.41, 5.74) is 7.96. The average Bonchev–Trinajstić information content (AvgIpc) is 2.82. The van der Waals surface area contributed by atoms with E-state index in [0.717, 1.165) is 34.9 Å². The molecule has 0 unspecified atom stereocenters. The predicted octanol–water partition coefficient (Wildman–Crippen LogP) is 3.23. The van der Waals surface area contributed by atoms with Crippen molar-refractivity contribution in [3.63, 3.8) is 0 Å². The van der Waals surface area contributed by atoms with Gasteiger partial charge in [-0.1, -0.05) is 25.5 Å². The molecule has 0 fully saturated rings. The maximum atomic E-state index is 5.78. The van der Waals surface area contributed by atoms with Gasteiger partial charge < -0.3 is 10.5 Å². The number of nitrogens with zero attached hydrogens (tertiary/aromatic N) is 1. The number of ether oxygens (including phenoxy) is 1. The van der Waals surface area contributed by atoms with Gasteiger partial charge in [0.2, 0.25) is 0 Å². The van der Waals surface area contributed by atoms with Crippen molar-refractivity contribution < 1.29 is 4.74 Å². The maximum Gasteiger partial charge on any atom is 0.129 e. The fraction of sp³-hybridized carbons (Fsp3) is 0.357. The van der Waals surface area contributed by atoms with Gasteiger partial charge in [-0.25, -0.2) is 4.98 Å². The van der Waals surface area contributed by atoms with E-state index in [1.807, 2.05) is 24.3 Å². The minimum atomic E-state index is 0.558. The zero-order valence-electron chi connectivity index (χ0n) is 10.8. The average molecular weight is 262 g/mol. The molecule has 2 N–H and O–H groups in total. The smallest absolute Gasteiger partial charge is 0.129 e. The Kier molecular flexibility index (Phi) is 4.33. The molecule has 2 aromatic rings. The van der Waals surface area contributed by atoms with Crippen molar-refractivity contribution in [3.8, 4) is 16.3 Å². The molecular weight excluding hydrogens is 244 g/mol. The van der Waals surface area contributed by atoms with Crippen molar-refractivity contribution in [2.75, 3.05) is 7.11 Å². The van der Waals surface area contributed by atoms with Crippen LogP contribution in [0.2, 0.25) is 0 Å². The Labute approximate surface area is 112 Å². The molecule has 1 aromatic heterocycles. The molecule has 4 heteroatoms. The number of aryl methyl sites for hydroxylation is 1. The molecule has 96 valence electrons. The van der Waals surface area contributed by atoms with E-state index in [0.29, 0.717) is 6.54 Å². The van der Waals surface area contributed by atoms with Crippen molar-refractivity contribution in [2.45, 2.75) is 26.3 Å². The number of hydrogen-bond donors (Lipinski definition) is 1. The summed E-state index contributed by atoms with van der Waals surface area (Å²) in [6.45, 7) is 2.71. The first kappa shape index (κ1) is 13.1. The van der Waals surface area contributed by atoms with Crippen LogP contribution in [0.3, 0.4) is 0 Å². The number of aromatic nitrogens is 1. The SMILES string of the molecule is CCCc1nc(-c2ccccc2OC)sc1CN. The first-order valence-electron chi connectivity index (χ1n) is 6.12. The zero-order valence-corrected chi connectivity index (χ0v) is 11.6. The second kappa shape index (κ2) is 5.98. The molecule has 1 aromatic carbocycles. The van der Waals surface area contributed by atoms with Gasteiger partial charge in [0.25, 0.3) is 0 Å². The molecule has 2 rings (SSSR count). The van der Waals surface area contributed by atoms with E-state index < -0.39 is 0 Å². The molecule has 0 saturated carbocycles. The van der Waals surface area contributed by atoms with E-state index in [1.165, 1.54) is 4.88 Å². The largest absolute Gasteiger partial charge is 0.496 e. The van der Waals surface area contributed by atoms with E-state index in [1.54, 1.807) is 18.4 Å². The summed E-state index contributed by atoms with van der Waals surface area (Å²) < 4.78 is 5.38. The van der Waals surface area contributed by atoms with Crippen LogP contribution in [0.15, 0.2) is 24.3 Å². The van der Waals surface area contributed by atoms with Crippen molar-refractivity contribution in [3.05, 3.63) is 34.8 Å². The van der Waals surface area contributed by atoms with Gasteiger partial charge in [0, 0.05) is 11.4 Å². The maximum absolute atomic E-state index is 5.78. The highest BCUT2D eigenvalue weighted by molar-refractivity contribution is 7.15. The van der Waals surface area contributed by atoms with E-state index in [4.69, 9.17) is 15.5 Å². The van der Waals surface area contributed by atoms with Crippen molar-refractivity contribution in [1.29, 1.82) is 0 Å². The Morgan fingerprint density at radius 2 is 2.11 bits per heavy atom. The van der Waals surface area contributed by atoms with Gasteiger partial charge in [0.15, 0.2) is 0 Å². The highest BCUT2D eigenvalue weighted by Crippen LogP contribution is 2.34. The lowest BCUT2D eigenvalue weighted by atomic mass is 10.2.